The number of halogens is 3. The molecule has 0 bridgehead atoms. The number of hydrogen-bond acceptors (Lipinski definition) is 3. The summed E-state index contributed by atoms with van der Waals surface area (Å²) in [6.07, 6.45) is 1.17. The van der Waals surface area contributed by atoms with Crippen LogP contribution in [0.5, 0.6) is 0 Å². The molecule has 2 aromatic rings. The lowest BCUT2D eigenvalue weighted by Crippen LogP contribution is -2.38. The summed E-state index contributed by atoms with van der Waals surface area (Å²) in [4.78, 5) is 8.88. The van der Waals surface area contributed by atoms with Crippen molar-refractivity contribution < 1.29 is 8.78 Å². The molecule has 1 heterocycles. The summed E-state index contributed by atoms with van der Waals surface area (Å²) in [7, 11) is 0. The number of benzene rings is 1. The van der Waals surface area contributed by atoms with Crippen LogP contribution in [0.15, 0.2) is 28.6 Å². The number of nitrogens with zero attached hydrogens (tertiary/aromatic N) is 2. The first-order valence-corrected chi connectivity index (χ1v) is 8.83. The minimum absolute atomic E-state index is 0. The molecule has 0 unspecified atom stereocenters. The number of guanidine groups is 1. The van der Waals surface area contributed by atoms with E-state index in [1.807, 2.05) is 19.2 Å². The Kier molecular flexibility index (Phi) is 9.88. The SMILES string of the molecule is CCNC(=NCCc1csc(C)n1)NCCc1cc(F)ccc1F.I. The Balaban J connectivity index is 0.00000312. The van der Waals surface area contributed by atoms with Gasteiger partial charge in [0.25, 0.3) is 0 Å². The van der Waals surface area contributed by atoms with Crippen LogP contribution >= 0.6 is 35.3 Å². The summed E-state index contributed by atoms with van der Waals surface area (Å²) in [6, 6.07) is 3.50. The molecule has 0 radical (unpaired) electrons. The van der Waals surface area contributed by atoms with Gasteiger partial charge in [-0.2, -0.15) is 0 Å². The van der Waals surface area contributed by atoms with E-state index in [1.54, 1.807) is 11.3 Å². The van der Waals surface area contributed by atoms with Gasteiger partial charge in [0, 0.05) is 31.4 Å². The van der Waals surface area contributed by atoms with Crippen LogP contribution in [0.1, 0.15) is 23.2 Å². The first-order chi connectivity index (χ1) is 11.6. The average Bonchev–Trinajstić information content (AvgIpc) is 2.96. The number of thiazole rings is 1. The average molecular weight is 480 g/mol. The fourth-order valence-corrected chi connectivity index (χ4v) is 2.84. The second-order valence-corrected chi connectivity index (χ2v) is 6.34. The Morgan fingerprint density at radius 1 is 1.24 bits per heavy atom. The predicted molar refractivity (Wildman–Crippen MR) is 110 cm³/mol. The third-order valence-electron chi connectivity index (χ3n) is 3.34. The Labute approximate surface area is 168 Å². The molecular weight excluding hydrogens is 457 g/mol. The first kappa shape index (κ1) is 21.8. The number of hydrogen-bond donors (Lipinski definition) is 2. The zero-order valence-corrected chi connectivity index (χ0v) is 17.5. The largest absolute Gasteiger partial charge is 0.357 e. The maximum absolute atomic E-state index is 13.6. The van der Waals surface area contributed by atoms with Gasteiger partial charge in [-0.15, -0.1) is 35.3 Å². The number of aryl methyl sites for hydroxylation is 1. The molecule has 8 heteroatoms. The molecule has 138 valence electrons. The van der Waals surface area contributed by atoms with E-state index < -0.39 is 5.82 Å². The van der Waals surface area contributed by atoms with Crippen molar-refractivity contribution in [1.29, 1.82) is 0 Å². The van der Waals surface area contributed by atoms with Crippen LogP contribution < -0.4 is 10.6 Å². The van der Waals surface area contributed by atoms with Crippen molar-refractivity contribution in [1.82, 2.24) is 15.6 Å². The molecule has 25 heavy (non-hydrogen) atoms. The standard InChI is InChI=1S/C17H22F2N4S.HI/c1-3-20-17(22-9-7-15-11-24-12(2)23-15)21-8-6-13-10-14(18)4-5-16(13)19;/h4-5,10-11H,3,6-9H2,1-2H3,(H2,20,21,22);1H. The van der Waals surface area contributed by atoms with E-state index in [2.05, 4.69) is 20.6 Å². The van der Waals surface area contributed by atoms with Gasteiger partial charge in [0.15, 0.2) is 5.96 Å². The lowest BCUT2D eigenvalue weighted by Gasteiger charge is -2.11. The quantitative estimate of drug-likeness (QED) is 0.361. The van der Waals surface area contributed by atoms with E-state index >= 15 is 0 Å². The topological polar surface area (TPSA) is 49.3 Å². The molecule has 0 aliphatic heterocycles. The van der Waals surface area contributed by atoms with E-state index in [9.17, 15) is 8.78 Å². The Morgan fingerprint density at radius 3 is 2.72 bits per heavy atom. The number of rotatable bonds is 7. The van der Waals surface area contributed by atoms with Crippen molar-refractivity contribution in [2.24, 2.45) is 4.99 Å². The van der Waals surface area contributed by atoms with Crippen molar-refractivity contribution in [2.45, 2.75) is 26.7 Å². The van der Waals surface area contributed by atoms with Gasteiger partial charge in [0.05, 0.1) is 10.7 Å². The second-order valence-electron chi connectivity index (χ2n) is 5.28. The zero-order valence-electron chi connectivity index (χ0n) is 14.3. The lowest BCUT2D eigenvalue weighted by molar-refractivity contribution is 0.583. The molecule has 2 rings (SSSR count). The normalized spacial score (nSPS) is 11.1. The summed E-state index contributed by atoms with van der Waals surface area (Å²) in [5, 5.41) is 9.37. The minimum atomic E-state index is -0.425. The van der Waals surface area contributed by atoms with Crippen molar-refractivity contribution in [2.75, 3.05) is 19.6 Å². The van der Waals surface area contributed by atoms with Crippen LogP contribution in [-0.2, 0) is 12.8 Å². The number of aromatic nitrogens is 1. The highest BCUT2D eigenvalue weighted by Gasteiger charge is 2.05. The lowest BCUT2D eigenvalue weighted by atomic mass is 10.1. The maximum atomic E-state index is 13.6. The van der Waals surface area contributed by atoms with Gasteiger partial charge in [-0.3, -0.25) is 4.99 Å². The number of aliphatic imine (C=N–C) groups is 1. The van der Waals surface area contributed by atoms with E-state index in [4.69, 9.17) is 0 Å². The molecule has 0 aliphatic carbocycles. The van der Waals surface area contributed by atoms with Gasteiger partial charge in [0.2, 0.25) is 0 Å². The number of nitrogens with one attached hydrogen (secondary N) is 2. The second kappa shape index (κ2) is 11.3. The van der Waals surface area contributed by atoms with E-state index in [1.165, 1.54) is 6.07 Å². The molecule has 2 N–H and O–H groups in total. The maximum Gasteiger partial charge on any atom is 0.191 e. The third kappa shape index (κ3) is 7.64. The fraction of sp³-hybridized carbons (Fsp3) is 0.412. The Hall–Kier alpha value is -1.29. The van der Waals surface area contributed by atoms with E-state index in [0.29, 0.717) is 31.0 Å². The van der Waals surface area contributed by atoms with Crippen LogP contribution in [0, 0.1) is 18.6 Å². The van der Waals surface area contributed by atoms with Crippen molar-refractivity contribution in [3.05, 3.63) is 51.5 Å². The smallest absolute Gasteiger partial charge is 0.191 e. The molecule has 0 fully saturated rings. The van der Waals surface area contributed by atoms with Crippen LogP contribution in [0.2, 0.25) is 0 Å². The zero-order chi connectivity index (χ0) is 17.4. The minimum Gasteiger partial charge on any atom is -0.357 e. The monoisotopic (exact) mass is 480 g/mol. The highest BCUT2D eigenvalue weighted by molar-refractivity contribution is 14.0. The van der Waals surface area contributed by atoms with Gasteiger partial charge in [-0.25, -0.2) is 13.8 Å². The van der Waals surface area contributed by atoms with Crippen LogP contribution in [0.3, 0.4) is 0 Å². The Bertz CT molecular complexity index is 691. The molecule has 1 aromatic heterocycles. The summed E-state index contributed by atoms with van der Waals surface area (Å²) in [6.45, 7) is 5.78. The molecule has 0 saturated heterocycles. The van der Waals surface area contributed by atoms with Gasteiger partial charge >= 0.3 is 0 Å². The summed E-state index contributed by atoms with van der Waals surface area (Å²) in [5.74, 6) is -0.147. The Morgan fingerprint density at radius 2 is 2.04 bits per heavy atom. The first-order valence-electron chi connectivity index (χ1n) is 7.95. The van der Waals surface area contributed by atoms with Gasteiger partial charge in [0.1, 0.15) is 11.6 Å². The van der Waals surface area contributed by atoms with Crippen LogP contribution in [0.25, 0.3) is 0 Å². The predicted octanol–water partition coefficient (Wildman–Crippen LogP) is 3.69. The molecule has 0 aliphatic rings. The molecule has 0 amide bonds. The van der Waals surface area contributed by atoms with Crippen molar-refractivity contribution >= 4 is 41.3 Å². The van der Waals surface area contributed by atoms with Crippen LogP contribution in [0.4, 0.5) is 8.78 Å². The van der Waals surface area contributed by atoms with Gasteiger partial charge in [-0.05, 0) is 44.0 Å². The molecule has 4 nitrogen and oxygen atoms in total. The summed E-state index contributed by atoms with van der Waals surface area (Å²) >= 11 is 1.63. The highest BCUT2D eigenvalue weighted by atomic mass is 127. The molecule has 0 spiro atoms. The van der Waals surface area contributed by atoms with Crippen molar-refractivity contribution in [3.8, 4) is 0 Å². The van der Waals surface area contributed by atoms with Crippen molar-refractivity contribution in [3.63, 3.8) is 0 Å². The van der Waals surface area contributed by atoms with E-state index in [0.717, 1.165) is 35.8 Å². The molecule has 1 aromatic carbocycles. The highest BCUT2D eigenvalue weighted by Crippen LogP contribution is 2.10. The van der Waals surface area contributed by atoms with E-state index in [-0.39, 0.29) is 29.8 Å². The van der Waals surface area contributed by atoms with Gasteiger partial charge in [-0.1, -0.05) is 0 Å². The molecular formula is C17H23F2IN4S. The van der Waals surface area contributed by atoms with Crippen LogP contribution in [-0.4, -0.2) is 30.6 Å². The van der Waals surface area contributed by atoms with Gasteiger partial charge < -0.3 is 10.6 Å². The fourth-order valence-electron chi connectivity index (χ4n) is 2.20. The summed E-state index contributed by atoms with van der Waals surface area (Å²) < 4.78 is 26.7. The third-order valence-corrected chi connectivity index (χ3v) is 4.17. The molecule has 0 saturated carbocycles. The summed E-state index contributed by atoms with van der Waals surface area (Å²) in [5.41, 5.74) is 1.40. The molecule has 0 atom stereocenters.